The van der Waals surface area contributed by atoms with E-state index in [1.54, 1.807) is 6.20 Å². The van der Waals surface area contributed by atoms with Crippen molar-refractivity contribution in [1.29, 1.82) is 0 Å². The van der Waals surface area contributed by atoms with Gasteiger partial charge in [0.1, 0.15) is 0 Å². The third-order valence-electron chi connectivity index (χ3n) is 4.39. The Labute approximate surface area is 133 Å². The second-order valence-electron chi connectivity index (χ2n) is 5.90. The quantitative estimate of drug-likeness (QED) is 0.752. The normalized spacial score (nSPS) is 20.3. The van der Waals surface area contributed by atoms with Crippen LogP contribution in [0.15, 0.2) is 18.5 Å². The predicted octanol–water partition coefficient (Wildman–Crippen LogP) is 1.04. The minimum absolute atomic E-state index is 0.0822. The van der Waals surface area contributed by atoms with Gasteiger partial charge in [-0.25, -0.2) is 12.7 Å². The molecule has 9 heteroatoms. The summed E-state index contributed by atoms with van der Waals surface area (Å²) in [5, 5.41) is 18.2. The van der Waals surface area contributed by atoms with Crippen LogP contribution >= 0.6 is 0 Å². The molecular formula is C14H16N6O2S. The lowest BCUT2D eigenvalue weighted by Crippen LogP contribution is -2.38. The summed E-state index contributed by atoms with van der Waals surface area (Å²) in [5.74, 6) is 0.0822. The Morgan fingerprint density at radius 3 is 3.00 bits per heavy atom. The van der Waals surface area contributed by atoms with E-state index in [2.05, 4.69) is 25.4 Å². The van der Waals surface area contributed by atoms with Gasteiger partial charge in [0.2, 0.25) is 15.7 Å². The molecule has 0 radical (unpaired) electrons. The third kappa shape index (κ3) is 2.45. The largest absolute Gasteiger partial charge is 0.345 e. The lowest BCUT2D eigenvalue weighted by atomic mass is 9.90. The zero-order chi connectivity index (χ0) is 16.0. The van der Waals surface area contributed by atoms with Crippen molar-refractivity contribution in [3.8, 4) is 0 Å². The van der Waals surface area contributed by atoms with Crippen LogP contribution in [0.1, 0.15) is 24.3 Å². The second kappa shape index (κ2) is 5.20. The number of sulfonamides is 1. The Balaban J connectivity index is 1.86. The van der Waals surface area contributed by atoms with Crippen LogP contribution in [0.2, 0.25) is 0 Å². The number of nitrogens with zero attached hydrogens (tertiary/aromatic N) is 5. The molecule has 23 heavy (non-hydrogen) atoms. The molecule has 0 spiro atoms. The zero-order valence-electron chi connectivity index (χ0n) is 12.6. The van der Waals surface area contributed by atoms with Gasteiger partial charge in [0.05, 0.1) is 12.5 Å². The minimum atomic E-state index is -3.19. The number of aromatic nitrogens is 5. The van der Waals surface area contributed by atoms with E-state index in [-0.39, 0.29) is 5.92 Å². The van der Waals surface area contributed by atoms with E-state index in [0.717, 1.165) is 29.2 Å². The second-order valence-corrected chi connectivity index (χ2v) is 7.88. The smallest absolute Gasteiger partial charge is 0.211 e. The predicted molar refractivity (Wildman–Crippen MR) is 85.4 cm³/mol. The molecule has 4 heterocycles. The lowest BCUT2D eigenvalue weighted by molar-refractivity contribution is 0.318. The van der Waals surface area contributed by atoms with E-state index in [4.69, 9.17) is 0 Å². The number of fused-ring (bicyclic) bond motifs is 3. The van der Waals surface area contributed by atoms with Gasteiger partial charge in [0.15, 0.2) is 5.65 Å². The Morgan fingerprint density at radius 1 is 1.30 bits per heavy atom. The number of nitrogens with one attached hydrogen (secondary N) is 1. The van der Waals surface area contributed by atoms with Crippen LogP contribution in [0.3, 0.4) is 0 Å². The van der Waals surface area contributed by atoms with Gasteiger partial charge in [0, 0.05) is 36.0 Å². The maximum atomic E-state index is 11.9. The molecule has 3 aromatic heterocycles. The van der Waals surface area contributed by atoms with Crippen LogP contribution in [0.5, 0.6) is 0 Å². The molecule has 1 atom stereocenters. The lowest BCUT2D eigenvalue weighted by Gasteiger charge is -2.31. The summed E-state index contributed by atoms with van der Waals surface area (Å²) >= 11 is 0. The van der Waals surface area contributed by atoms with Gasteiger partial charge in [-0.1, -0.05) is 0 Å². The summed E-state index contributed by atoms with van der Waals surface area (Å²) in [6.07, 6.45) is 6.55. The van der Waals surface area contributed by atoms with Gasteiger partial charge in [-0.2, -0.15) is 5.10 Å². The van der Waals surface area contributed by atoms with Crippen molar-refractivity contribution in [2.75, 3.05) is 19.3 Å². The summed E-state index contributed by atoms with van der Waals surface area (Å²) in [4.78, 5) is 3.05. The Hall–Kier alpha value is -2.13. The number of piperidine rings is 1. The molecule has 1 aliphatic heterocycles. The summed E-state index contributed by atoms with van der Waals surface area (Å²) in [6.45, 7) is 1.04. The number of hydrogen-bond acceptors (Lipinski definition) is 6. The van der Waals surface area contributed by atoms with Crippen molar-refractivity contribution < 1.29 is 8.42 Å². The van der Waals surface area contributed by atoms with Gasteiger partial charge in [0.25, 0.3) is 0 Å². The van der Waals surface area contributed by atoms with Crippen LogP contribution in [0.25, 0.3) is 22.1 Å². The Bertz CT molecular complexity index is 983. The first-order valence-electron chi connectivity index (χ1n) is 7.44. The molecule has 4 rings (SSSR count). The molecule has 0 saturated carbocycles. The van der Waals surface area contributed by atoms with Gasteiger partial charge in [-0.15, -0.1) is 15.3 Å². The molecule has 0 bridgehead atoms. The van der Waals surface area contributed by atoms with Crippen LogP contribution < -0.4 is 0 Å². The highest BCUT2D eigenvalue weighted by Gasteiger charge is 2.28. The van der Waals surface area contributed by atoms with Crippen LogP contribution in [-0.4, -0.2) is 57.4 Å². The SMILES string of the molecule is CS(=O)(=O)N1CCCC(c2cnnc3nnc4[nH]ccc4c23)C1. The maximum Gasteiger partial charge on any atom is 0.211 e. The van der Waals surface area contributed by atoms with Gasteiger partial charge in [-0.05, 0) is 24.5 Å². The molecule has 1 fully saturated rings. The van der Waals surface area contributed by atoms with Crippen molar-refractivity contribution in [2.45, 2.75) is 18.8 Å². The average Bonchev–Trinajstić information content (AvgIpc) is 3.02. The van der Waals surface area contributed by atoms with Crippen LogP contribution in [0.4, 0.5) is 0 Å². The first-order chi connectivity index (χ1) is 11.0. The molecule has 1 aliphatic rings. The summed E-state index contributed by atoms with van der Waals surface area (Å²) < 4.78 is 25.3. The summed E-state index contributed by atoms with van der Waals surface area (Å²) in [7, 11) is -3.19. The third-order valence-corrected chi connectivity index (χ3v) is 5.66. The molecular weight excluding hydrogens is 316 g/mol. The van der Waals surface area contributed by atoms with Crippen LogP contribution in [0, 0.1) is 0 Å². The van der Waals surface area contributed by atoms with Gasteiger partial charge < -0.3 is 4.98 Å². The summed E-state index contributed by atoms with van der Waals surface area (Å²) in [6, 6.07) is 1.94. The Kier molecular flexibility index (Phi) is 3.27. The Morgan fingerprint density at radius 2 is 2.17 bits per heavy atom. The van der Waals surface area contributed by atoms with Gasteiger partial charge >= 0.3 is 0 Å². The zero-order valence-corrected chi connectivity index (χ0v) is 13.4. The fourth-order valence-corrected chi connectivity index (χ4v) is 4.20. The van der Waals surface area contributed by atoms with E-state index in [1.165, 1.54) is 10.6 Å². The number of rotatable bonds is 2. The highest BCUT2D eigenvalue weighted by Crippen LogP contribution is 2.33. The van der Waals surface area contributed by atoms with E-state index in [0.29, 0.717) is 24.4 Å². The fraction of sp³-hybridized carbons (Fsp3) is 0.429. The van der Waals surface area contributed by atoms with Crippen molar-refractivity contribution in [1.82, 2.24) is 29.7 Å². The average molecular weight is 332 g/mol. The highest BCUT2D eigenvalue weighted by atomic mass is 32.2. The van der Waals surface area contributed by atoms with E-state index in [1.807, 2.05) is 12.3 Å². The molecule has 1 N–H and O–H groups in total. The summed E-state index contributed by atoms with van der Waals surface area (Å²) in [5.41, 5.74) is 2.18. The molecule has 0 aromatic carbocycles. The molecule has 0 amide bonds. The van der Waals surface area contributed by atoms with E-state index >= 15 is 0 Å². The monoisotopic (exact) mass is 332 g/mol. The maximum absolute atomic E-state index is 11.9. The van der Waals surface area contributed by atoms with E-state index < -0.39 is 10.0 Å². The molecule has 1 saturated heterocycles. The van der Waals surface area contributed by atoms with Crippen molar-refractivity contribution in [3.05, 3.63) is 24.0 Å². The van der Waals surface area contributed by atoms with Crippen molar-refractivity contribution in [3.63, 3.8) is 0 Å². The first kappa shape index (κ1) is 14.5. The topological polar surface area (TPSA) is 105 Å². The standard InChI is InChI=1S/C14H16N6O2S/c1-23(21,22)20-6-2-3-9(8-20)11-7-16-17-14-12(11)10-4-5-15-13(10)18-19-14/h4-5,7,9H,2-3,6,8H2,1H3,(H,15,18). The van der Waals surface area contributed by atoms with Crippen molar-refractivity contribution >= 4 is 32.1 Å². The molecule has 120 valence electrons. The molecule has 8 nitrogen and oxygen atoms in total. The number of H-pyrrole nitrogens is 1. The molecule has 1 unspecified atom stereocenters. The van der Waals surface area contributed by atoms with Gasteiger partial charge in [-0.3, -0.25) is 0 Å². The fourth-order valence-electron chi connectivity index (χ4n) is 3.28. The van der Waals surface area contributed by atoms with Crippen molar-refractivity contribution in [2.24, 2.45) is 0 Å². The minimum Gasteiger partial charge on any atom is -0.345 e. The molecule has 0 aliphatic carbocycles. The number of hydrogen-bond donors (Lipinski definition) is 1. The highest BCUT2D eigenvalue weighted by molar-refractivity contribution is 7.88. The van der Waals surface area contributed by atoms with Crippen LogP contribution in [-0.2, 0) is 10.0 Å². The first-order valence-corrected chi connectivity index (χ1v) is 9.29. The number of aromatic amines is 1. The molecule has 3 aromatic rings. The van der Waals surface area contributed by atoms with E-state index in [9.17, 15) is 8.42 Å².